The van der Waals surface area contributed by atoms with Crippen molar-refractivity contribution in [3.05, 3.63) is 17.7 Å². The Hall–Kier alpha value is -1.71. The summed E-state index contributed by atoms with van der Waals surface area (Å²) in [6.07, 6.45) is 1.49. The van der Waals surface area contributed by atoms with Gasteiger partial charge >= 0.3 is 0 Å². The second-order valence-corrected chi connectivity index (χ2v) is 3.54. The first-order valence-corrected chi connectivity index (χ1v) is 4.72. The lowest BCUT2D eigenvalue weighted by Gasteiger charge is -2.22. The minimum absolute atomic E-state index is 0.0754. The number of benzene rings is 1. The van der Waals surface area contributed by atoms with Crippen molar-refractivity contribution in [3.8, 4) is 17.2 Å². The number of ether oxygens (including phenoxy) is 2. The van der Waals surface area contributed by atoms with Gasteiger partial charge in [-0.2, -0.15) is 0 Å². The Morgan fingerprint density at radius 3 is 3.07 bits per heavy atom. The van der Waals surface area contributed by atoms with Gasteiger partial charge in [-0.25, -0.2) is 0 Å². The monoisotopic (exact) mass is 208 g/mol. The zero-order valence-corrected chi connectivity index (χ0v) is 8.40. The van der Waals surface area contributed by atoms with Gasteiger partial charge in [-0.3, -0.25) is 0 Å². The van der Waals surface area contributed by atoms with Gasteiger partial charge in [0.25, 0.3) is 0 Å². The maximum absolute atomic E-state index is 10.6. The third kappa shape index (κ3) is 1.75. The van der Waals surface area contributed by atoms with Crippen LogP contribution in [0.5, 0.6) is 17.2 Å². The molecule has 0 fully saturated rings. The number of phenols is 1. The summed E-state index contributed by atoms with van der Waals surface area (Å²) in [6, 6.07) is 3.23. The molecule has 0 bridgehead atoms. The molecule has 1 atom stereocenters. The molecule has 0 aliphatic carbocycles. The van der Waals surface area contributed by atoms with Crippen LogP contribution in [0.15, 0.2) is 12.1 Å². The first-order chi connectivity index (χ1) is 7.24. The number of aromatic hydroxyl groups is 1. The van der Waals surface area contributed by atoms with E-state index in [9.17, 15) is 9.90 Å². The van der Waals surface area contributed by atoms with Crippen molar-refractivity contribution in [1.82, 2.24) is 0 Å². The van der Waals surface area contributed by atoms with Crippen LogP contribution in [0, 0.1) is 5.92 Å². The number of fused-ring (bicyclic) bond motifs is 1. The van der Waals surface area contributed by atoms with Gasteiger partial charge in [0, 0.05) is 6.07 Å². The largest absolute Gasteiger partial charge is 0.504 e. The Bertz CT molecular complexity index is 386. The molecule has 0 radical (unpaired) electrons. The lowest BCUT2D eigenvalue weighted by atomic mass is 9.97. The quantitative estimate of drug-likeness (QED) is 0.741. The maximum Gasteiger partial charge on any atom is 0.164 e. The Labute approximate surface area is 87.4 Å². The molecule has 1 aromatic carbocycles. The Kier molecular flexibility index (Phi) is 2.49. The van der Waals surface area contributed by atoms with Crippen molar-refractivity contribution < 1.29 is 19.4 Å². The maximum atomic E-state index is 10.6. The summed E-state index contributed by atoms with van der Waals surface area (Å²) in [5.74, 6) is 1.03. The van der Waals surface area contributed by atoms with Crippen molar-refractivity contribution in [3.63, 3.8) is 0 Å². The SMILES string of the molecule is COc1cc2c(cc1O)CC(C=O)CO2. The summed E-state index contributed by atoms with van der Waals surface area (Å²) in [4.78, 5) is 10.6. The van der Waals surface area contributed by atoms with Gasteiger partial charge in [0.15, 0.2) is 11.5 Å². The predicted molar refractivity (Wildman–Crippen MR) is 53.4 cm³/mol. The van der Waals surface area contributed by atoms with Gasteiger partial charge in [0.2, 0.25) is 0 Å². The third-order valence-corrected chi connectivity index (χ3v) is 2.49. The topological polar surface area (TPSA) is 55.8 Å². The van der Waals surface area contributed by atoms with Gasteiger partial charge in [0.05, 0.1) is 19.6 Å². The molecule has 1 N–H and O–H groups in total. The summed E-state index contributed by atoms with van der Waals surface area (Å²) in [7, 11) is 1.48. The second kappa shape index (κ2) is 3.81. The van der Waals surface area contributed by atoms with Gasteiger partial charge < -0.3 is 19.4 Å². The number of rotatable bonds is 2. The molecule has 1 aliphatic heterocycles. The van der Waals surface area contributed by atoms with Crippen LogP contribution in [0.2, 0.25) is 0 Å². The number of aldehydes is 1. The molecule has 4 heteroatoms. The summed E-state index contributed by atoms with van der Waals surface area (Å²) in [5.41, 5.74) is 0.844. The fourth-order valence-electron chi connectivity index (χ4n) is 1.68. The van der Waals surface area contributed by atoms with Crippen molar-refractivity contribution >= 4 is 6.29 Å². The van der Waals surface area contributed by atoms with Crippen molar-refractivity contribution in [2.75, 3.05) is 13.7 Å². The molecule has 4 nitrogen and oxygen atoms in total. The molecule has 1 unspecified atom stereocenters. The lowest BCUT2D eigenvalue weighted by Crippen LogP contribution is -2.21. The molecule has 15 heavy (non-hydrogen) atoms. The molecular weight excluding hydrogens is 196 g/mol. The summed E-state index contributed by atoms with van der Waals surface area (Å²) < 4.78 is 10.4. The number of carbonyl (C=O) groups excluding carboxylic acids is 1. The van der Waals surface area contributed by atoms with E-state index < -0.39 is 0 Å². The molecular formula is C11H12O4. The zero-order valence-electron chi connectivity index (χ0n) is 8.40. The average Bonchev–Trinajstić information content (AvgIpc) is 2.27. The van der Waals surface area contributed by atoms with Crippen LogP contribution in [0.4, 0.5) is 0 Å². The molecule has 1 aliphatic rings. The molecule has 0 spiro atoms. The van der Waals surface area contributed by atoms with Crippen LogP contribution in [-0.2, 0) is 11.2 Å². The van der Waals surface area contributed by atoms with E-state index >= 15 is 0 Å². The van der Waals surface area contributed by atoms with Gasteiger partial charge in [-0.05, 0) is 18.1 Å². The van der Waals surface area contributed by atoms with Gasteiger partial charge in [-0.15, -0.1) is 0 Å². The van der Waals surface area contributed by atoms with E-state index in [4.69, 9.17) is 9.47 Å². The number of hydrogen-bond donors (Lipinski definition) is 1. The van der Waals surface area contributed by atoms with E-state index in [0.717, 1.165) is 11.8 Å². The Balaban J connectivity index is 2.36. The highest BCUT2D eigenvalue weighted by molar-refractivity contribution is 5.58. The summed E-state index contributed by atoms with van der Waals surface area (Å²) in [6.45, 7) is 0.393. The molecule has 0 aromatic heterocycles. The van der Waals surface area contributed by atoms with Crippen LogP contribution in [0.3, 0.4) is 0 Å². The van der Waals surface area contributed by atoms with E-state index in [-0.39, 0.29) is 11.7 Å². The van der Waals surface area contributed by atoms with Gasteiger partial charge in [-0.1, -0.05) is 0 Å². The van der Waals surface area contributed by atoms with Gasteiger partial charge in [0.1, 0.15) is 12.0 Å². The fraction of sp³-hybridized carbons (Fsp3) is 0.364. The van der Waals surface area contributed by atoms with Crippen molar-refractivity contribution in [1.29, 1.82) is 0 Å². The van der Waals surface area contributed by atoms with E-state index in [1.807, 2.05) is 0 Å². The smallest absolute Gasteiger partial charge is 0.164 e. The first-order valence-electron chi connectivity index (χ1n) is 4.72. The Morgan fingerprint density at radius 1 is 1.60 bits per heavy atom. The molecule has 80 valence electrons. The van der Waals surface area contributed by atoms with Crippen LogP contribution in [0.25, 0.3) is 0 Å². The number of hydrogen-bond acceptors (Lipinski definition) is 4. The molecule has 0 saturated carbocycles. The fourth-order valence-corrected chi connectivity index (χ4v) is 1.68. The average molecular weight is 208 g/mol. The normalized spacial score (nSPS) is 18.9. The molecule has 2 rings (SSSR count). The second-order valence-electron chi connectivity index (χ2n) is 3.54. The van der Waals surface area contributed by atoms with Crippen molar-refractivity contribution in [2.24, 2.45) is 5.92 Å². The number of carbonyl (C=O) groups is 1. The van der Waals surface area contributed by atoms with Crippen molar-refractivity contribution in [2.45, 2.75) is 6.42 Å². The lowest BCUT2D eigenvalue weighted by molar-refractivity contribution is -0.112. The highest BCUT2D eigenvalue weighted by Crippen LogP contribution is 2.36. The molecule has 1 aromatic rings. The Morgan fingerprint density at radius 2 is 2.40 bits per heavy atom. The van der Waals surface area contributed by atoms with Crippen LogP contribution in [0.1, 0.15) is 5.56 Å². The molecule has 0 amide bonds. The standard InChI is InChI=1S/C11H12O4/c1-14-11-4-10-8(3-9(11)13)2-7(5-12)6-15-10/h3-5,7,13H,2,6H2,1H3. The molecule has 1 heterocycles. The minimum atomic E-state index is -0.120. The van der Waals surface area contributed by atoms with E-state index in [2.05, 4.69) is 0 Å². The predicted octanol–water partition coefficient (Wildman–Crippen LogP) is 1.15. The zero-order chi connectivity index (χ0) is 10.8. The number of phenolic OH excluding ortho intramolecular Hbond substituents is 1. The van der Waals surface area contributed by atoms with Crippen LogP contribution >= 0.6 is 0 Å². The van der Waals surface area contributed by atoms with E-state index in [0.29, 0.717) is 24.5 Å². The first kappa shape index (κ1) is 9.83. The third-order valence-electron chi connectivity index (χ3n) is 2.49. The van der Waals surface area contributed by atoms with E-state index in [1.165, 1.54) is 7.11 Å². The van der Waals surface area contributed by atoms with Crippen LogP contribution < -0.4 is 9.47 Å². The summed E-state index contributed by atoms with van der Waals surface area (Å²) >= 11 is 0. The summed E-state index contributed by atoms with van der Waals surface area (Å²) in [5, 5.41) is 9.56. The highest BCUT2D eigenvalue weighted by atomic mass is 16.5. The van der Waals surface area contributed by atoms with Crippen LogP contribution in [-0.4, -0.2) is 25.1 Å². The number of methoxy groups -OCH3 is 1. The highest BCUT2D eigenvalue weighted by Gasteiger charge is 2.21. The minimum Gasteiger partial charge on any atom is -0.504 e. The molecule has 0 saturated heterocycles. The van der Waals surface area contributed by atoms with E-state index in [1.54, 1.807) is 12.1 Å².